The summed E-state index contributed by atoms with van der Waals surface area (Å²) < 4.78 is 51.0. The average molecular weight is 516 g/mol. The van der Waals surface area contributed by atoms with Gasteiger partial charge in [-0.2, -0.15) is 13.2 Å². The van der Waals surface area contributed by atoms with Crippen LogP contribution in [0.5, 0.6) is 0 Å². The molecule has 2 atom stereocenters. The van der Waals surface area contributed by atoms with Gasteiger partial charge in [-0.25, -0.2) is 14.8 Å². The SMILES string of the molecule is Cc1nc2c(c(C(F)(F)F)n1)CCN(C(=O)C[C@@H](CN1C[C@H](C)OCC1=O)NC(=O)OC(C)(C)C)C2. The summed E-state index contributed by atoms with van der Waals surface area (Å²) in [7, 11) is 0. The van der Waals surface area contributed by atoms with Crippen LogP contribution in [0, 0.1) is 6.92 Å². The molecular formula is C23H32F3N5O5. The minimum absolute atomic E-state index is 0.00604. The number of ether oxygens (including phenoxy) is 2. The predicted octanol–water partition coefficient (Wildman–Crippen LogP) is 2.22. The van der Waals surface area contributed by atoms with Crippen LogP contribution in [0.1, 0.15) is 56.9 Å². The molecule has 3 amide bonds. The lowest BCUT2D eigenvalue weighted by molar-refractivity contribution is -0.149. The Morgan fingerprint density at radius 3 is 2.58 bits per heavy atom. The lowest BCUT2D eigenvalue weighted by Crippen LogP contribution is -2.53. The number of halogens is 3. The Morgan fingerprint density at radius 2 is 1.94 bits per heavy atom. The summed E-state index contributed by atoms with van der Waals surface area (Å²) in [4.78, 5) is 48.6. The molecule has 1 fully saturated rings. The van der Waals surface area contributed by atoms with Crippen molar-refractivity contribution < 1.29 is 37.0 Å². The molecule has 0 radical (unpaired) electrons. The first kappa shape index (κ1) is 27.6. The normalized spacial score (nSPS) is 19.6. The van der Waals surface area contributed by atoms with Crippen molar-refractivity contribution >= 4 is 17.9 Å². The van der Waals surface area contributed by atoms with Crippen LogP contribution in [0.2, 0.25) is 0 Å². The van der Waals surface area contributed by atoms with Crippen molar-refractivity contribution in [3.8, 4) is 0 Å². The Bertz CT molecular complexity index is 1010. The number of fused-ring (bicyclic) bond motifs is 1. The third kappa shape index (κ3) is 7.28. The summed E-state index contributed by atoms with van der Waals surface area (Å²) in [5.74, 6) is -0.685. The van der Waals surface area contributed by atoms with Crippen LogP contribution in [0.25, 0.3) is 0 Å². The molecule has 2 aliphatic heterocycles. The van der Waals surface area contributed by atoms with Crippen LogP contribution in [0.3, 0.4) is 0 Å². The van der Waals surface area contributed by atoms with Crippen molar-refractivity contribution in [2.75, 3.05) is 26.2 Å². The van der Waals surface area contributed by atoms with Gasteiger partial charge in [0.1, 0.15) is 18.0 Å². The molecule has 1 aromatic heterocycles. The molecule has 200 valence electrons. The zero-order chi connectivity index (χ0) is 26.8. The molecular weight excluding hydrogens is 483 g/mol. The van der Waals surface area contributed by atoms with Crippen molar-refractivity contribution in [3.05, 3.63) is 22.8 Å². The van der Waals surface area contributed by atoms with E-state index in [9.17, 15) is 27.6 Å². The molecule has 13 heteroatoms. The van der Waals surface area contributed by atoms with Crippen molar-refractivity contribution in [1.82, 2.24) is 25.1 Å². The standard InChI is InChI=1S/C23H32F3N5O5/c1-13-9-31(19(33)12-35-13)10-15(29-21(34)36-22(3,4)5)8-18(32)30-7-6-16-17(11-30)27-14(2)28-20(16)23(24,25)26/h13,15H,6-12H2,1-5H3,(H,29,34)/t13-,15-/m0/s1. The molecule has 0 aliphatic carbocycles. The second-order valence-corrected chi connectivity index (χ2v) is 10.1. The number of carbonyl (C=O) groups is 3. The van der Waals surface area contributed by atoms with Gasteiger partial charge in [0, 0.05) is 31.6 Å². The molecule has 3 rings (SSSR count). The minimum atomic E-state index is -4.62. The molecule has 0 aromatic carbocycles. The topological polar surface area (TPSA) is 114 Å². The van der Waals surface area contributed by atoms with Crippen molar-refractivity contribution in [2.24, 2.45) is 0 Å². The summed E-state index contributed by atoms with van der Waals surface area (Å²) in [6.45, 7) is 8.48. The maximum Gasteiger partial charge on any atom is 0.433 e. The lowest BCUT2D eigenvalue weighted by Gasteiger charge is -2.35. The lowest BCUT2D eigenvalue weighted by atomic mass is 10.0. The fourth-order valence-corrected chi connectivity index (χ4v) is 4.19. The number of alkyl carbamates (subject to hydrolysis) is 1. The number of carbonyl (C=O) groups excluding carboxylic acids is 3. The van der Waals surface area contributed by atoms with E-state index in [1.807, 2.05) is 6.92 Å². The summed E-state index contributed by atoms with van der Waals surface area (Å²) in [6.07, 6.45) is -5.78. The molecule has 1 aromatic rings. The molecule has 0 bridgehead atoms. The minimum Gasteiger partial charge on any atom is -0.444 e. The molecule has 0 saturated carbocycles. The number of hydrogen-bond donors (Lipinski definition) is 1. The second kappa shape index (κ2) is 10.6. The summed E-state index contributed by atoms with van der Waals surface area (Å²) in [6, 6.07) is -0.777. The quantitative estimate of drug-likeness (QED) is 0.640. The van der Waals surface area contributed by atoms with Crippen LogP contribution in [0.15, 0.2) is 0 Å². The fraction of sp³-hybridized carbons (Fsp3) is 0.696. The highest BCUT2D eigenvalue weighted by Crippen LogP contribution is 2.33. The molecule has 0 spiro atoms. The average Bonchev–Trinajstić information content (AvgIpc) is 2.73. The third-order valence-corrected chi connectivity index (χ3v) is 5.70. The van der Waals surface area contributed by atoms with E-state index in [1.165, 1.54) is 16.7 Å². The van der Waals surface area contributed by atoms with E-state index in [2.05, 4.69) is 15.3 Å². The zero-order valence-electron chi connectivity index (χ0n) is 21.1. The van der Waals surface area contributed by atoms with Gasteiger partial charge >= 0.3 is 12.3 Å². The van der Waals surface area contributed by atoms with Gasteiger partial charge in [0.2, 0.25) is 11.8 Å². The Balaban J connectivity index is 1.75. The van der Waals surface area contributed by atoms with Gasteiger partial charge < -0.3 is 24.6 Å². The zero-order valence-corrected chi connectivity index (χ0v) is 21.1. The number of morpholine rings is 1. The fourth-order valence-electron chi connectivity index (χ4n) is 4.19. The van der Waals surface area contributed by atoms with E-state index in [4.69, 9.17) is 9.47 Å². The summed E-state index contributed by atoms with van der Waals surface area (Å²) in [5.41, 5.74) is -1.59. The van der Waals surface area contributed by atoms with Gasteiger partial charge in [0.25, 0.3) is 0 Å². The highest BCUT2D eigenvalue weighted by Gasteiger charge is 2.39. The number of rotatable bonds is 5. The summed E-state index contributed by atoms with van der Waals surface area (Å²) in [5, 5.41) is 2.67. The second-order valence-electron chi connectivity index (χ2n) is 10.1. The van der Waals surface area contributed by atoms with Crippen LogP contribution in [0.4, 0.5) is 18.0 Å². The molecule has 0 unspecified atom stereocenters. The molecule has 3 heterocycles. The Morgan fingerprint density at radius 1 is 1.25 bits per heavy atom. The number of amides is 3. The van der Waals surface area contributed by atoms with E-state index in [0.29, 0.717) is 6.54 Å². The van der Waals surface area contributed by atoms with Crippen molar-refractivity contribution in [1.29, 1.82) is 0 Å². The van der Waals surface area contributed by atoms with Gasteiger partial charge in [-0.15, -0.1) is 0 Å². The molecule has 2 aliphatic rings. The highest BCUT2D eigenvalue weighted by atomic mass is 19.4. The number of aryl methyl sites for hydroxylation is 1. The number of hydrogen-bond acceptors (Lipinski definition) is 7. The monoisotopic (exact) mass is 515 g/mol. The third-order valence-electron chi connectivity index (χ3n) is 5.70. The Hall–Kier alpha value is -2.96. The molecule has 1 saturated heterocycles. The highest BCUT2D eigenvalue weighted by molar-refractivity contribution is 5.80. The Kier molecular flexibility index (Phi) is 8.11. The first-order chi connectivity index (χ1) is 16.6. The number of nitrogens with zero attached hydrogens (tertiary/aromatic N) is 4. The Labute approximate surface area is 207 Å². The number of nitrogens with one attached hydrogen (secondary N) is 1. The predicted molar refractivity (Wildman–Crippen MR) is 121 cm³/mol. The molecule has 10 nitrogen and oxygen atoms in total. The van der Waals surface area contributed by atoms with E-state index >= 15 is 0 Å². The van der Waals surface area contributed by atoms with E-state index < -0.39 is 29.6 Å². The number of alkyl halides is 3. The van der Waals surface area contributed by atoms with Gasteiger partial charge in [0.15, 0.2) is 5.69 Å². The summed E-state index contributed by atoms with van der Waals surface area (Å²) >= 11 is 0. The van der Waals surface area contributed by atoms with Crippen molar-refractivity contribution in [3.63, 3.8) is 0 Å². The van der Waals surface area contributed by atoms with Crippen molar-refractivity contribution in [2.45, 2.75) is 77.9 Å². The van der Waals surface area contributed by atoms with E-state index in [-0.39, 0.29) is 74.1 Å². The maximum absolute atomic E-state index is 13.4. The van der Waals surface area contributed by atoms with E-state index in [0.717, 1.165) is 0 Å². The number of aromatic nitrogens is 2. The van der Waals surface area contributed by atoms with E-state index in [1.54, 1.807) is 20.8 Å². The van der Waals surface area contributed by atoms with Crippen LogP contribution >= 0.6 is 0 Å². The maximum atomic E-state index is 13.4. The van der Waals surface area contributed by atoms with Crippen LogP contribution < -0.4 is 5.32 Å². The van der Waals surface area contributed by atoms with Gasteiger partial charge in [-0.1, -0.05) is 0 Å². The molecule has 1 N–H and O–H groups in total. The van der Waals surface area contributed by atoms with Gasteiger partial charge in [-0.3, -0.25) is 9.59 Å². The van der Waals surface area contributed by atoms with Gasteiger partial charge in [0.05, 0.1) is 24.4 Å². The van der Waals surface area contributed by atoms with Crippen LogP contribution in [-0.2, 0) is 38.2 Å². The first-order valence-corrected chi connectivity index (χ1v) is 11.7. The largest absolute Gasteiger partial charge is 0.444 e. The smallest absolute Gasteiger partial charge is 0.433 e. The first-order valence-electron chi connectivity index (χ1n) is 11.7. The van der Waals surface area contributed by atoms with Gasteiger partial charge in [-0.05, 0) is 41.0 Å². The van der Waals surface area contributed by atoms with Crippen LogP contribution in [-0.4, -0.2) is 81.7 Å². The molecule has 36 heavy (non-hydrogen) atoms.